The SMILES string of the molecule is O=C(CS(=O)(=O)c1ccc(Cl)cc1)Nc1ccc(NC(=O)C2CC2)cc1. The molecule has 0 unspecified atom stereocenters. The highest BCUT2D eigenvalue weighted by Gasteiger charge is 2.29. The first-order valence-corrected chi connectivity index (χ1v) is 10.1. The Hall–Kier alpha value is -2.38. The maximum atomic E-state index is 12.2. The summed E-state index contributed by atoms with van der Waals surface area (Å²) in [4.78, 5) is 23.8. The first-order chi connectivity index (χ1) is 12.3. The van der Waals surface area contributed by atoms with Crippen molar-refractivity contribution in [2.24, 2.45) is 5.92 Å². The topological polar surface area (TPSA) is 92.3 Å². The van der Waals surface area contributed by atoms with E-state index in [0.29, 0.717) is 16.4 Å². The van der Waals surface area contributed by atoms with Crippen molar-refractivity contribution in [3.05, 3.63) is 53.6 Å². The van der Waals surface area contributed by atoms with Gasteiger partial charge in [0, 0.05) is 22.3 Å². The van der Waals surface area contributed by atoms with Crippen LogP contribution in [-0.2, 0) is 19.4 Å². The van der Waals surface area contributed by atoms with Crippen molar-refractivity contribution in [1.29, 1.82) is 0 Å². The number of sulfone groups is 1. The summed E-state index contributed by atoms with van der Waals surface area (Å²) in [5.74, 6) is -1.22. The van der Waals surface area contributed by atoms with Gasteiger partial charge in [0.25, 0.3) is 0 Å². The fourth-order valence-electron chi connectivity index (χ4n) is 2.32. The number of nitrogens with one attached hydrogen (secondary N) is 2. The molecule has 0 aliphatic heterocycles. The van der Waals surface area contributed by atoms with Crippen LogP contribution in [0.15, 0.2) is 53.4 Å². The second-order valence-electron chi connectivity index (χ2n) is 6.10. The number of rotatable bonds is 6. The van der Waals surface area contributed by atoms with E-state index in [0.717, 1.165) is 12.8 Å². The van der Waals surface area contributed by atoms with Gasteiger partial charge in [-0.15, -0.1) is 0 Å². The molecule has 2 aromatic carbocycles. The quantitative estimate of drug-likeness (QED) is 0.790. The van der Waals surface area contributed by atoms with E-state index in [4.69, 9.17) is 11.6 Å². The molecule has 1 saturated carbocycles. The molecule has 0 aromatic heterocycles. The summed E-state index contributed by atoms with van der Waals surface area (Å²) in [7, 11) is -3.75. The summed E-state index contributed by atoms with van der Waals surface area (Å²) in [6.45, 7) is 0. The molecule has 0 bridgehead atoms. The summed E-state index contributed by atoms with van der Waals surface area (Å²) in [6, 6.07) is 12.2. The highest BCUT2D eigenvalue weighted by Crippen LogP contribution is 2.30. The summed E-state index contributed by atoms with van der Waals surface area (Å²) < 4.78 is 24.5. The van der Waals surface area contributed by atoms with E-state index in [1.54, 1.807) is 24.3 Å². The van der Waals surface area contributed by atoms with Gasteiger partial charge in [0.15, 0.2) is 9.84 Å². The molecule has 1 aliphatic rings. The standard InChI is InChI=1S/C18H17ClN2O4S/c19-13-3-9-16(10-4-13)26(24,25)11-17(22)20-14-5-7-15(8-6-14)21-18(23)12-1-2-12/h3-10,12H,1-2,11H2,(H,20,22)(H,21,23). The van der Waals surface area contributed by atoms with Crippen LogP contribution in [0.4, 0.5) is 11.4 Å². The third kappa shape index (κ3) is 4.83. The van der Waals surface area contributed by atoms with Gasteiger partial charge in [-0.1, -0.05) is 11.6 Å². The van der Waals surface area contributed by atoms with Crippen LogP contribution in [-0.4, -0.2) is 26.0 Å². The summed E-state index contributed by atoms with van der Waals surface area (Å²) in [5.41, 5.74) is 1.08. The fraction of sp³-hybridized carbons (Fsp3) is 0.222. The van der Waals surface area contributed by atoms with Gasteiger partial charge in [-0.3, -0.25) is 9.59 Å². The lowest BCUT2D eigenvalue weighted by Gasteiger charge is -2.08. The number of hydrogen-bond acceptors (Lipinski definition) is 4. The Kier molecular flexibility index (Phi) is 5.29. The van der Waals surface area contributed by atoms with E-state index in [1.807, 2.05) is 0 Å². The summed E-state index contributed by atoms with van der Waals surface area (Å²) >= 11 is 5.74. The molecule has 1 fully saturated rings. The third-order valence-electron chi connectivity index (χ3n) is 3.88. The van der Waals surface area contributed by atoms with Crippen molar-refractivity contribution in [2.75, 3.05) is 16.4 Å². The minimum Gasteiger partial charge on any atom is -0.326 e. The van der Waals surface area contributed by atoms with Crippen LogP contribution in [0.25, 0.3) is 0 Å². The number of benzene rings is 2. The number of amides is 2. The zero-order chi connectivity index (χ0) is 18.7. The molecule has 2 amide bonds. The molecule has 0 spiro atoms. The molecule has 26 heavy (non-hydrogen) atoms. The average molecular weight is 393 g/mol. The number of hydrogen-bond donors (Lipinski definition) is 2. The molecule has 2 N–H and O–H groups in total. The number of carbonyl (C=O) groups excluding carboxylic acids is 2. The van der Waals surface area contributed by atoms with Crippen molar-refractivity contribution in [3.8, 4) is 0 Å². The largest absolute Gasteiger partial charge is 0.326 e. The number of anilines is 2. The van der Waals surface area contributed by atoms with Crippen molar-refractivity contribution in [3.63, 3.8) is 0 Å². The predicted octanol–water partition coefficient (Wildman–Crippen LogP) is 3.10. The first kappa shape index (κ1) is 18.4. The number of carbonyl (C=O) groups is 2. The fourth-order valence-corrected chi connectivity index (χ4v) is 3.58. The molecular weight excluding hydrogens is 376 g/mol. The Morgan fingerprint density at radius 2 is 1.46 bits per heavy atom. The van der Waals surface area contributed by atoms with Crippen LogP contribution >= 0.6 is 11.6 Å². The Morgan fingerprint density at radius 3 is 2.00 bits per heavy atom. The third-order valence-corrected chi connectivity index (χ3v) is 5.76. The first-order valence-electron chi connectivity index (χ1n) is 8.02. The molecule has 0 radical (unpaired) electrons. The van der Waals surface area contributed by atoms with Crippen LogP contribution in [0.1, 0.15) is 12.8 Å². The Labute approximate surface area is 156 Å². The van der Waals surface area contributed by atoms with E-state index < -0.39 is 21.5 Å². The Bertz CT molecular complexity index is 921. The van der Waals surface area contributed by atoms with Crippen molar-refractivity contribution in [2.45, 2.75) is 17.7 Å². The lowest BCUT2D eigenvalue weighted by atomic mass is 10.2. The lowest BCUT2D eigenvalue weighted by Crippen LogP contribution is -2.23. The van der Waals surface area contributed by atoms with Crippen LogP contribution in [0.2, 0.25) is 5.02 Å². The predicted molar refractivity (Wildman–Crippen MR) is 99.9 cm³/mol. The zero-order valence-corrected chi connectivity index (χ0v) is 15.3. The minimum absolute atomic E-state index is 0.00385. The molecule has 0 atom stereocenters. The molecule has 0 saturated heterocycles. The van der Waals surface area contributed by atoms with E-state index in [9.17, 15) is 18.0 Å². The molecule has 2 aromatic rings. The zero-order valence-electron chi connectivity index (χ0n) is 13.7. The summed E-state index contributed by atoms with van der Waals surface area (Å²) in [5, 5.41) is 5.75. The van der Waals surface area contributed by atoms with Gasteiger partial charge in [-0.25, -0.2) is 8.42 Å². The van der Waals surface area contributed by atoms with Crippen LogP contribution < -0.4 is 10.6 Å². The van der Waals surface area contributed by atoms with Crippen LogP contribution in [0, 0.1) is 5.92 Å². The molecule has 0 heterocycles. The van der Waals surface area contributed by atoms with Gasteiger partial charge in [0.2, 0.25) is 11.8 Å². The molecule has 8 heteroatoms. The normalized spacial score (nSPS) is 13.9. The van der Waals surface area contributed by atoms with Gasteiger partial charge >= 0.3 is 0 Å². The molecule has 6 nitrogen and oxygen atoms in total. The number of halogens is 1. The van der Waals surface area contributed by atoms with Crippen LogP contribution in [0.5, 0.6) is 0 Å². The monoisotopic (exact) mass is 392 g/mol. The van der Waals surface area contributed by atoms with Crippen LogP contribution in [0.3, 0.4) is 0 Å². The van der Waals surface area contributed by atoms with Gasteiger partial charge in [0.05, 0.1) is 4.90 Å². The van der Waals surface area contributed by atoms with Gasteiger partial charge < -0.3 is 10.6 Å². The average Bonchev–Trinajstić information content (AvgIpc) is 3.41. The lowest BCUT2D eigenvalue weighted by molar-refractivity contribution is -0.117. The van der Waals surface area contributed by atoms with Crippen molar-refractivity contribution in [1.82, 2.24) is 0 Å². The smallest absolute Gasteiger partial charge is 0.239 e. The minimum atomic E-state index is -3.75. The van der Waals surface area contributed by atoms with E-state index in [-0.39, 0.29) is 16.7 Å². The maximum absolute atomic E-state index is 12.2. The molecular formula is C18H17ClN2O4S. The highest BCUT2D eigenvalue weighted by molar-refractivity contribution is 7.92. The van der Waals surface area contributed by atoms with E-state index in [2.05, 4.69) is 10.6 Å². The van der Waals surface area contributed by atoms with Crippen molar-refractivity contribution >= 4 is 44.6 Å². The highest BCUT2D eigenvalue weighted by atomic mass is 35.5. The Morgan fingerprint density at radius 1 is 0.923 bits per heavy atom. The van der Waals surface area contributed by atoms with Crippen molar-refractivity contribution < 1.29 is 18.0 Å². The Balaban J connectivity index is 1.58. The van der Waals surface area contributed by atoms with E-state index >= 15 is 0 Å². The summed E-state index contributed by atoms with van der Waals surface area (Å²) in [6.07, 6.45) is 1.84. The van der Waals surface area contributed by atoms with Gasteiger partial charge in [0.1, 0.15) is 5.75 Å². The molecule has 136 valence electrons. The maximum Gasteiger partial charge on any atom is 0.239 e. The second kappa shape index (κ2) is 7.47. The second-order valence-corrected chi connectivity index (χ2v) is 8.53. The van der Waals surface area contributed by atoms with Gasteiger partial charge in [-0.2, -0.15) is 0 Å². The molecule has 3 rings (SSSR count). The molecule has 1 aliphatic carbocycles. The van der Waals surface area contributed by atoms with Gasteiger partial charge in [-0.05, 0) is 61.4 Å². The van der Waals surface area contributed by atoms with E-state index in [1.165, 1.54) is 24.3 Å².